The van der Waals surface area contributed by atoms with Crippen LogP contribution in [-0.4, -0.2) is 79.8 Å². The van der Waals surface area contributed by atoms with Crippen LogP contribution in [0.15, 0.2) is 46.9 Å². The number of oxime groups is 1. The summed E-state index contributed by atoms with van der Waals surface area (Å²) in [5, 5.41) is 21.0. The summed E-state index contributed by atoms with van der Waals surface area (Å²) in [6.07, 6.45) is 4.31. The normalized spacial score (nSPS) is 36.8. The summed E-state index contributed by atoms with van der Waals surface area (Å²) >= 11 is 0. The van der Waals surface area contributed by atoms with Crippen molar-refractivity contribution in [2.24, 2.45) is 45.7 Å². The fourth-order valence-electron chi connectivity index (χ4n) is 7.40. The molecule has 2 aromatic rings. The molecule has 0 aliphatic carbocycles. The van der Waals surface area contributed by atoms with Crippen LogP contribution in [0.25, 0.3) is 5.82 Å². The van der Waals surface area contributed by atoms with E-state index < -0.39 is 35.2 Å². The first-order chi connectivity index (χ1) is 23.1. The number of amides is 1. The predicted octanol–water partition coefficient (Wildman–Crippen LogP) is 5.59. The van der Waals surface area contributed by atoms with Crippen LogP contribution >= 0.6 is 0 Å². The highest BCUT2D eigenvalue weighted by Gasteiger charge is 2.50. The standard InChI is InChI=1S/C37H55N5O7/c1-11-31-37(10,45)34-26(6)33(40-28(8)43)22(2)17-36(9,27(7)24(4)23(3)25(5)35(44)49-31)47-21-30(20-46-34)41-48-19-29-13-14-32(38-18-29)42-16-12-15-39-42/h12-16,18,22-27,31,34,45H,11,17,19-21H2,1-10H3/b40-33?,41-30+/t22-,23+,24+,25-,26+,27-,31-,34-,36-,37-/m1/s1. The van der Waals surface area contributed by atoms with Gasteiger partial charge in [0, 0.05) is 42.7 Å². The van der Waals surface area contributed by atoms with Gasteiger partial charge in [-0.2, -0.15) is 5.10 Å². The topological polar surface area (TPSA) is 147 Å². The van der Waals surface area contributed by atoms with Crippen molar-refractivity contribution < 1.29 is 33.7 Å². The Kier molecular flexibility index (Phi) is 12.5. The third-order valence-corrected chi connectivity index (χ3v) is 11.0. The number of nitrogens with zero attached hydrogens (tertiary/aromatic N) is 5. The summed E-state index contributed by atoms with van der Waals surface area (Å²) in [5.74, 6) is -1.22. The number of rotatable bonds is 5. The average Bonchev–Trinajstić information content (AvgIpc) is 3.61. The number of carbonyl (C=O) groups excluding carboxylic acids is 2. The lowest BCUT2D eigenvalue weighted by Crippen LogP contribution is -2.57. The number of cyclic esters (lactones) is 1. The van der Waals surface area contributed by atoms with E-state index in [2.05, 4.69) is 47.9 Å². The molecule has 2 aromatic heterocycles. The van der Waals surface area contributed by atoms with Crippen LogP contribution in [0.1, 0.15) is 87.6 Å². The van der Waals surface area contributed by atoms with E-state index in [-0.39, 0.29) is 55.4 Å². The Labute approximate surface area is 290 Å². The third kappa shape index (κ3) is 8.82. The maximum absolute atomic E-state index is 13.6. The quantitative estimate of drug-likeness (QED) is 0.315. The van der Waals surface area contributed by atoms with Gasteiger partial charge in [-0.15, -0.1) is 0 Å². The van der Waals surface area contributed by atoms with Gasteiger partial charge in [0.25, 0.3) is 0 Å². The maximum Gasteiger partial charge on any atom is 0.309 e. The number of hydrogen-bond donors (Lipinski definition) is 1. The molecule has 0 saturated carbocycles. The lowest BCUT2D eigenvalue weighted by molar-refractivity contribution is -0.193. The van der Waals surface area contributed by atoms with Crippen LogP contribution in [-0.2, 0) is 35.2 Å². The van der Waals surface area contributed by atoms with Crippen molar-refractivity contribution >= 4 is 23.3 Å². The second-order valence-electron chi connectivity index (χ2n) is 14.5. The predicted molar refractivity (Wildman–Crippen MR) is 186 cm³/mol. The highest BCUT2D eigenvalue weighted by atomic mass is 16.6. The smallest absolute Gasteiger partial charge is 0.309 e. The van der Waals surface area contributed by atoms with Crippen molar-refractivity contribution in [1.29, 1.82) is 0 Å². The summed E-state index contributed by atoms with van der Waals surface area (Å²) in [6, 6.07) is 5.59. The van der Waals surface area contributed by atoms with Crippen molar-refractivity contribution in [2.75, 3.05) is 13.2 Å². The van der Waals surface area contributed by atoms with E-state index in [1.54, 1.807) is 24.0 Å². The molecular formula is C37H55N5O7. The van der Waals surface area contributed by atoms with Gasteiger partial charge in [-0.1, -0.05) is 59.7 Å². The van der Waals surface area contributed by atoms with Gasteiger partial charge in [0.15, 0.2) is 5.82 Å². The van der Waals surface area contributed by atoms with Gasteiger partial charge in [-0.05, 0) is 62.5 Å². The summed E-state index contributed by atoms with van der Waals surface area (Å²) in [5.41, 5.74) is -0.469. The molecule has 49 heavy (non-hydrogen) atoms. The van der Waals surface area contributed by atoms with E-state index in [1.807, 2.05) is 52.1 Å². The van der Waals surface area contributed by atoms with Crippen molar-refractivity contribution in [2.45, 2.75) is 112 Å². The summed E-state index contributed by atoms with van der Waals surface area (Å²) in [7, 11) is 0. The Balaban J connectivity index is 1.77. The number of aliphatic hydroxyl groups is 1. The molecule has 12 heteroatoms. The Morgan fingerprint density at radius 1 is 1.10 bits per heavy atom. The zero-order valence-electron chi connectivity index (χ0n) is 30.8. The molecule has 0 unspecified atom stereocenters. The monoisotopic (exact) mass is 681 g/mol. The van der Waals surface area contributed by atoms with Crippen LogP contribution < -0.4 is 0 Å². The minimum absolute atomic E-state index is 0.0267. The Morgan fingerprint density at radius 3 is 2.45 bits per heavy atom. The number of pyridine rings is 1. The molecule has 2 aliphatic heterocycles. The Bertz CT molecular complexity index is 1470. The second-order valence-corrected chi connectivity index (χ2v) is 14.5. The van der Waals surface area contributed by atoms with Gasteiger partial charge in [-0.3, -0.25) is 9.59 Å². The van der Waals surface area contributed by atoms with Gasteiger partial charge < -0.3 is 24.2 Å². The highest BCUT2D eigenvalue weighted by molar-refractivity contribution is 5.98. The van der Waals surface area contributed by atoms with Crippen LogP contribution in [0, 0.1) is 35.5 Å². The van der Waals surface area contributed by atoms with Crippen molar-refractivity contribution in [1.82, 2.24) is 14.8 Å². The Morgan fingerprint density at radius 2 is 1.84 bits per heavy atom. The molecule has 1 N–H and O–H groups in total. The molecule has 4 heterocycles. The van der Waals surface area contributed by atoms with Gasteiger partial charge in [0.1, 0.15) is 24.0 Å². The molecule has 2 aliphatic rings. The van der Waals surface area contributed by atoms with E-state index >= 15 is 0 Å². The highest BCUT2D eigenvalue weighted by Crippen LogP contribution is 2.42. The first-order valence-corrected chi connectivity index (χ1v) is 17.5. The molecule has 0 radical (unpaired) electrons. The number of ether oxygens (including phenoxy) is 3. The molecular weight excluding hydrogens is 626 g/mol. The number of fused-ring (bicyclic) bond motifs is 5. The molecule has 0 aromatic carbocycles. The number of aromatic nitrogens is 3. The van der Waals surface area contributed by atoms with Gasteiger partial charge >= 0.3 is 5.97 Å². The molecule has 270 valence electrons. The molecule has 2 fully saturated rings. The number of hydrogen-bond acceptors (Lipinski definition) is 10. The first kappa shape index (κ1) is 38.3. The van der Waals surface area contributed by atoms with Gasteiger partial charge in [-0.25, -0.2) is 14.7 Å². The van der Waals surface area contributed by atoms with E-state index in [9.17, 15) is 14.7 Å². The van der Waals surface area contributed by atoms with Crippen LogP contribution in [0.2, 0.25) is 0 Å². The SMILES string of the molecule is CC[C@H]1OC(=O)[C@H](C)[C@@H](C)[C@H](C)[C@@H](C)[C@@]2(C)C[C@@H](C)C(=NC(C)=O)[C@H](C)[C@@H](OC/C(=N\OCc3ccc(-n4cccn4)nc3)CO2)[C@]1(C)O. The molecule has 1 amide bonds. The van der Waals surface area contributed by atoms with E-state index in [4.69, 9.17) is 19.0 Å². The van der Waals surface area contributed by atoms with Crippen LogP contribution in [0.4, 0.5) is 0 Å². The molecule has 2 bridgehead atoms. The Hall–Kier alpha value is -3.48. The molecule has 10 atom stereocenters. The summed E-state index contributed by atoms with van der Waals surface area (Å²) in [6.45, 7) is 19.4. The number of esters is 1. The van der Waals surface area contributed by atoms with E-state index in [0.29, 0.717) is 30.1 Å². The molecule has 0 spiro atoms. The van der Waals surface area contributed by atoms with Crippen molar-refractivity contribution in [3.63, 3.8) is 0 Å². The zero-order valence-corrected chi connectivity index (χ0v) is 30.8. The van der Waals surface area contributed by atoms with E-state index in [1.165, 1.54) is 6.92 Å². The molecule has 2 saturated heterocycles. The summed E-state index contributed by atoms with van der Waals surface area (Å²) < 4.78 is 21.1. The fraction of sp³-hybridized carbons (Fsp3) is 0.676. The molecule has 4 rings (SSSR count). The van der Waals surface area contributed by atoms with E-state index in [0.717, 1.165) is 5.56 Å². The maximum atomic E-state index is 13.6. The minimum atomic E-state index is -1.65. The lowest BCUT2D eigenvalue weighted by Gasteiger charge is -2.45. The van der Waals surface area contributed by atoms with Gasteiger partial charge in [0.05, 0.1) is 30.8 Å². The minimum Gasteiger partial charge on any atom is -0.459 e. The van der Waals surface area contributed by atoms with Crippen LogP contribution in [0.5, 0.6) is 0 Å². The van der Waals surface area contributed by atoms with Crippen molar-refractivity contribution in [3.05, 3.63) is 42.4 Å². The molecule has 12 nitrogen and oxygen atoms in total. The second kappa shape index (κ2) is 16.0. The first-order valence-electron chi connectivity index (χ1n) is 17.5. The largest absolute Gasteiger partial charge is 0.459 e. The van der Waals surface area contributed by atoms with Gasteiger partial charge in [0.2, 0.25) is 5.91 Å². The van der Waals surface area contributed by atoms with Crippen LogP contribution in [0.3, 0.4) is 0 Å². The average molecular weight is 682 g/mol. The summed E-state index contributed by atoms with van der Waals surface area (Å²) in [4.78, 5) is 41.0. The zero-order chi connectivity index (χ0) is 36.1. The fourth-order valence-corrected chi connectivity index (χ4v) is 7.40. The third-order valence-electron chi connectivity index (χ3n) is 11.0. The lowest BCUT2D eigenvalue weighted by atomic mass is 9.68. The number of carbonyl (C=O) groups is 2. The number of aliphatic imine (C=N–C) groups is 1. The van der Waals surface area contributed by atoms with Crippen molar-refractivity contribution in [3.8, 4) is 5.82 Å².